The normalized spacial score (nSPS) is 27.4. The van der Waals surface area contributed by atoms with E-state index in [0.717, 1.165) is 30.6 Å². The largest absolute Gasteiger partial charge is 0.481 e. The summed E-state index contributed by atoms with van der Waals surface area (Å²) in [6.45, 7) is 1.25. The van der Waals surface area contributed by atoms with Gasteiger partial charge in [0.15, 0.2) is 6.10 Å². The van der Waals surface area contributed by atoms with Crippen molar-refractivity contribution in [2.45, 2.75) is 31.8 Å². The van der Waals surface area contributed by atoms with Crippen molar-refractivity contribution in [3.63, 3.8) is 0 Å². The van der Waals surface area contributed by atoms with Crippen LogP contribution in [0.1, 0.15) is 24.8 Å². The highest BCUT2D eigenvalue weighted by molar-refractivity contribution is 6.30. The number of benzene rings is 1. The number of piperidine rings is 1. The molecule has 3 aliphatic rings. The van der Waals surface area contributed by atoms with E-state index in [1.807, 2.05) is 11.0 Å². The van der Waals surface area contributed by atoms with Crippen LogP contribution < -0.4 is 4.74 Å². The minimum Gasteiger partial charge on any atom is -0.481 e. The van der Waals surface area contributed by atoms with Gasteiger partial charge in [-0.2, -0.15) is 0 Å². The molecule has 1 aromatic carbocycles. The van der Waals surface area contributed by atoms with E-state index in [9.17, 15) is 9.59 Å². The van der Waals surface area contributed by atoms with Gasteiger partial charge in [-0.1, -0.05) is 11.6 Å². The zero-order chi connectivity index (χ0) is 16.2. The highest BCUT2D eigenvalue weighted by Crippen LogP contribution is 2.59. The second kappa shape index (κ2) is 5.13. The van der Waals surface area contributed by atoms with Gasteiger partial charge in [-0.05, 0) is 48.4 Å². The van der Waals surface area contributed by atoms with E-state index in [4.69, 9.17) is 21.4 Å². The van der Waals surface area contributed by atoms with E-state index in [1.54, 1.807) is 12.1 Å². The lowest BCUT2D eigenvalue weighted by molar-refractivity contribution is -0.141. The summed E-state index contributed by atoms with van der Waals surface area (Å²) < 4.78 is 5.76. The molecule has 0 radical (unpaired) electrons. The van der Waals surface area contributed by atoms with Gasteiger partial charge < -0.3 is 14.7 Å². The van der Waals surface area contributed by atoms with Crippen LogP contribution in [-0.4, -0.2) is 41.1 Å². The molecule has 2 heterocycles. The molecule has 1 aliphatic carbocycles. The van der Waals surface area contributed by atoms with Gasteiger partial charge in [-0.15, -0.1) is 0 Å². The van der Waals surface area contributed by atoms with E-state index in [1.165, 1.54) is 0 Å². The Bertz CT molecular complexity index is 681. The summed E-state index contributed by atoms with van der Waals surface area (Å²) in [6.07, 6.45) is 2.39. The predicted molar refractivity (Wildman–Crippen MR) is 83.6 cm³/mol. The van der Waals surface area contributed by atoms with E-state index >= 15 is 0 Å². The van der Waals surface area contributed by atoms with Crippen LogP contribution in [0, 0.1) is 11.3 Å². The molecule has 122 valence electrons. The number of halogens is 1. The highest BCUT2D eigenvalue weighted by Gasteiger charge is 2.59. The van der Waals surface area contributed by atoms with Gasteiger partial charge in [0.1, 0.15) is 5.75 Å². The van der Waals surface area contributed by atoms with Crippen molar-refractivity contribution in [2.24, 2.45) is 11.3 Å². The van der Waals surface area contributed by atoms with Crippen LogP contribution in [0.2, 0.25) is 5.02 Å². The Balaban J connectivity index is 1.38. The van der Waals surface area contributed by atoms with Crippen LogP contribution in [-0.2, 0) is 16.0 Å². The molecular weight excluding hydrogens is 318 g/mol. The maximum atomic E-state index is 12.7. The molecule has 2 fully saturated rings. The third-order valence-corrected chi connectivity index (χ3v) is 5.77. The lowest BCUT2D eigenvalue weighted by Crippen LogP contribution is -2.46. The number of rotatable bonds is 2. The molecule has 1 N–H and O–H groups in total. The standard InChI is InChI=1S/C17H18ClNO4/c18-11-1-2-13-10(7-11)8-14(23-13)15(20)19-5-3-17(4-6-19)9-12(17)16(21)22/h1-2,7,12,14H,3-6,8-9H2,(H,21,22). The molecule has 1 saturated heterocycles. The fourth-order valence-electron chi connectivity index (χ4n) is 3.98. The summed E-state index contributed by atoms with van der Waals surface area (Å²) in [5, 5.41) is 9.78. The Morgan fingerprint density at radius 1 is 1.30 bits per heavy atom. The molecular formula is C17H18ClNO4. The highest BCUT2D eigenvalue weighted by atomic mass is 35.5. The van der Waals surface area contributed by atoms with Crippen LogP contribution >= 0.6 is 11.6 Å². The zero-order valence-corrected chi connectivity index (χ0v) is 13.4. The van der Waals surface area contributed by atoms with Gasteiger partial charge >= 0.3 is 5.97 Å². The lowest BCUT2D eigenvalue weighted by Gasteiger charge is -2.33. The Hall–Kier alpha value is -1.75. The van der Waals surface area contributed by atoms with Gasteiger partial charge in [-0.3, -0.25) is 9.59 Å². The van der Waals surface area contributed by atoms with Crippen molar-refractivity contribution in [2.75, 3.05) is 13.1 Å². The SMILES string of the molecule is O=C(O)C1CC12CCN(C(=O)C1Cc3cc(Cl)ccc3O1)CC2. The van der Waals surface area contributed by atoms with Crippen LogP contribution in [0.4, 0.5) is 0 Å². The van der Waals surface area contributed by atoms with E-state index in [0.29, 0.717) is 24.5 Å². The minimum atomic E-state index is -0.698. The first-order valence-corrected chi connectivity index (χ1v) is 8.33. The molecule has 0 aromatic heterocycles. The number of fused-ring (bicyclic) bond motifs is 1. The molecule has 0 bridgehead atoms. The second-order valence-corrected chi connectivity index (χ2v) is 7.28. The summed E-state index contributed by atoms with van der Waals surface area (Å²) in [6, 6.07) is 5.41. The van der Waals surface area contributed by atoms with Crippen LogP contribution in [0.25, 0.3) is 0 Å². The van der Waals surface area contributed by atoms with E-state index in [-0.39, 0.29) is 17.2 Å². The number of aliphatic carboxylic acids is 1. The molecule has 23 heavy (non-hydrogen) atoms. The predicted octanol–water partition coefficient (Wildman–Crippen LogP) is 2.36. The molecule has 2 unspecified atom stereocenters. The quantitative estimate of drug-likeness (QED) is 0.901. The number of likely N-dealkylation sites (tertiary alicyclic amines) is 1. The summed E-state index contributed by atoms with van der Waals surface area (Å²) in [7, 11) is 0. The molecule has 2 aliphatic heterocycles. The van der Waals surface area contributed by atoms with Gasteiger partial charge in [0.25, 0.3) is 5.91 Å². The maximum absolute atomic E-state index is 12.7. The first kappa shape index (κ1) is 14.8. The molecule has 1 amide bonds. The molecule has 1 spiro atoms. The van der Waals surface area contributed by atoms with Crippen molar-refractivity contribution in [3.05, 3.63) is 28.8 Å². The van der Waals surface area contributed by atoms with Gasteiger partial charge in [-0.25, -0.2) is 0 Å². The molecule has 1 saturated carbocycles. The number of carbonyl (C=O) groups is 2. The Morgan fingerprint density at radius 2 is 2.04 bits per heavy atom. The number of hydrogen-bond acceptors (Lipinski definition) is 3. The number of hydrogen-bond donors (Lipinski definition) is 1. The van der Waals surface area contributed by atoms with Gasteiger partial charge in [0.2, 0.25) is 0 Å². The van der Waals surface area contributed by atoms with Gasteiger partial charge in [0.05, 0.1) is 5.92 Å². The first-order chi connectivity index (χ1) is 11.0. The average Bonchev–Trinajstić information content (AvgIpc) is 3.06. The summed E-state index contributed by atoms with van der Waals surface area (Å²) in [5.41, 5.74) is 0.910. The monoisotopic (exact) mass is 335 g/mol. The topological polar surface area (TPSA) is 66.8 Å². The van der Waals surface area contributed by atoms with Crippen LogP contribution in [0.5, 0.6) is 5.75 Å². The smallest absolute Gasteiger partial charge is 0.307 e. The number of amides is 1. The van der Waals surface area contributed by atoms with Crippen molar-refractivity contribution >= 4 is 23.5 Å². The number of carbonyl (C=O) groups excluding carboxylic acids is 1. The summed E-state index contributed by atoms with van der Waals surface area (Å²) in [4.78, 5) is 25.6. The third kappa shape index (κ3) is 2.47. The fourth-order valence-corrected chi connectivity index (χ4v) is 4.18. The Labute approximate surface area is 139 Å². The number of ether oxygens (including phenoxy) is 1. The van der Waals surface area contributed by atoms with Crippen molar-refractivity contribution < 1.29 is 19.4 Å². The maximum Gasteiger partial charge on any atom is 0.307 e. The van der Waals surface area contributed by atoms with Crippen LogP contribution in [0.3, 0.4) is 0 Å². The molecule has 1 aromatic rings. The molecule has 6 heteroatoms. The second-order valence-electron chi connectivity index (χ2n) is 6.85. The zero-order valence-electron chi connectivity index (χ0n) is 12.6. The number of carboxylic acid groups (broad SMARTS) is 1. The fraction of sp³-hybridized carbons (Fsp3) is 0.529. The lowest BCUT2D eigenvalue weighted by atomic mass is 9.90. The average molecular weight is 336 g/mol. The number of nitrogens with zero attached hydrogens (tertiary/aromatic N) is 1. The summed E-state index contributed by atoms with van der Waals surface area (Å²) in [5.74, 6) is -0.181. The third-order valence-electron chi connectivity index (χ3n) is 5.53. The van der Waals surface area contributed by atoms with Gasteiger partial charge in [0, 0.05) is 24.5 Å². The summed E-state index contributed by atoms with van der Waals surface area (Å²) >= 11 is 5.98. The first-order valence-electron chi connectivity index (χ1n) is 7.95. The van der Waals surface area contributed by atoms with E-state index < -0.39 is 12.1 Å². The van der Waals surface area contributed by atoms with Crippen LogP contribution in [0.15, 0.2) is 18.2 Å². The van der Waals surface area contributed by atoms with Crippen molar-refractivity contribution in [3.8, 4) is 5.75 Å². The molecule has 4 rings (SSSR count). The minimum absolute atomic E-state index is 0.000280. The Morgan fingerprint density at radius 3 is 2.70 bits per heavy atom. The van der Waals surface area contributed by atoms with Crippen molar-refractivity contribution in [1.29, 1.82) is 0 Å². The molecule has 5 nitrogen and oxygen atoms in total. The van der Waals surface area contributed by atoms with Crippen molar-refractivity contribution in [1.82, 2.24) is 4.90 Å². The Kier molecular flexibility index (Phi) is 3.30. The molecule has 2 atom stereocenters. The number of carboxylic acids is 1. The van der Waals surface area contributed by atoms with E-state index in [2.05, 4.69) is 0 Å².